The number of hydrogen-bond donors (Lipinski definition) is 0. The molecule has 5 heavy (non-hydrogen) atoms. The predicted molar refractivity (Wildman–Crippen MR) is 25.0 cm³/mol. The summed E-state index contributed by atoms with van der Waals surface area (Å²) in [6, 6.07) is 0. The van der Waals surface area contributed by atoms with E-state index < -0.39 is 0 Å². The van der Waals surface area contributed by atoms with Crippen molar-refractivity contribution in [2.75, 3.05) is 6.61 Å². The fraction of sp³-hybridized carbons (Fsp3) is 0.333. The average molecular weight is 89.1 g/mol. The van der Waals surface area contributed by atoms with Crippen LogP contribution >= 0.6 is 12.2 Å². The maximum atomic E-state index is 4.36. The molecule has 29 valence electrons. The summed E-state index contributed by atoms with van der Waals surface area (Å²) in [6.07, 6.45) is 0. The minimum Gasteiger partial charge on any atom is -0.374 e. The van der Waals surface area contributed by atoms with Crippen LogP contribution in [0.2, 0.25) is 0 Å². The Morgan fingerprint density at radius 2 is 2.60 bits per heavy atom. The average Bonchev–Trinajstić information content (AvgIpc) is 1.41. The van der Waals surface area contributed by atoms with E-state index in [4.69, 9.17) is 0 Å². The van der Waals surface area contributed by atoms with Crippen LogP contribution in [0.1, 0.15) is 0 Å². The SMILES string of the molecule is [CH2]OCC=S. The molecule has 0 aromatic heterocycles. The van der Waals surface area contributed by atoms with Gasteiger partial charge in [-0.15, -0.1) is 0 Å². The van der Waals surface area contributed by atoms with Gasteiger partial charge in [-0.05, 0) is 0 Å². The summed E-state index contributed by atoms with van der Waals surface area (Å²) in [7, 11) is 3.08. The van der Waals surface area contributed by atoms with Crippen molar-refractivity contribution in [2.24, 2.45) is 0 Å². The zero-order valence-corrected chi connectivity index (χ0v) is 3.62. The van der Waals surface area contributed by atoms with Crippen LogP contribution in [0.5, 0.6) is 0 Å². The van der Waals surface area contributed by atoms with Crippen LogP contribution in [0.15, 0.2) is 0 Å². The minimum atomic E-state index is 0.468. The van der Waals surface area contributed by atoms with Gasteiger partial charge in [0.1, 0.15) is 0 Å². The van der Waals surface area contributed by atoms with Crippen LogP contribution in [0.4, 0.5) is 0 Å². The maximum absolute atomic E-state index is 4.36. The fourth-order valence-electron chi connectivity index (χ4n) is 0.0481. The van der Waals surface area contributed by atoms with E-state index >= 15 is 0 Å². The lowest BCUT2D eigenvalue weighted by atomic mass is 10.9. The largest absolute Gasteiger partial charge is 0.374 e. The summed E-state index contributed by atoms with van der Waals surface area (Å²) in [5, 5.41) is 1.48. The molecule has 0 amide bonds. The predicted octanol–water partition coefficient (Wildman–Crippen LogP) is 0.794. The van der Waals surface area contributed by atoms with Crippen molar-refractivity contribution >= 4 is 17.6 Å². The minimum absolute atomic E-state index is 0.468. The topological polar surface area (TPSA) is 9.23 Å². The molecule has 0 aliphatic carbocycles. The lowest BCUT2D eigenvalue weighted by molar-refractivity contribution is 0.299. The summed E-state index contributed by atoms with van der Waals surface area (Å²) in [5.74, 6) is 0. The van der Waals surface area contributed by atoms with Gasteiger partial charge in [0.2, 0.25) is 0 Å². The van der Waals surface area contributed by atoms with Gasteiger partial charge >= 0.3 is 0 Å². The van der Waals surface area contributed by atoms with Crippen LogP contribution in [-0.4, -0.2) is 12.0 Å². The Morgan fingerprint density at radius 1 is 2.00 bits per heavy atom. The van der Waals surface area contributed by atoms with Crippen molar-refractivity contribution in [3.8, 4) is 0 Å². The van der Waals surface area contributed by atoms with Gasteiger partial charge in [0.15, 0.2) is 0 Å². The van der Waals surface area contributed by atoms with E-state index in [1.54, 1.807) is 0 Å². The van der Waals surface area contributed by atoms with E-state index in [-0.39, 0.29) is 0 Å². The summed E-state index contributed by atoms with van der Waals surface area (Å²) >= 11 is 4.36. The third kappa shape index (κ3) is 4.05. The van der Waals surface area contributed by atoms with Crippen molar-refractivity contribution in [3.63, 3.8) is 0 Å². The molecule has 0 heterocycles. The number of ether oxygens (including phenoxy) is 1. The smallest absolute Gasteiger partial charge is 0.0750 e. The molecule has 0 N–H and O–H groups in total. The Labute approximate surface area is 36.9 Å². The van der Waals surface area contributed by atoms with Crippen LogP contribution in [0, 0.1) is 7.11 Å². The molecule has 0 aliphatic heterocycles. The van der Waals surface area contributed by atoms with Crippen LogP contribution < -0.4 is 0 Å². The fourth-order valence-corrected chi connectivity index (χ4v) is 0.144. The van der Waals surface area contributed by atoms with Gasteiger partial charge < -0.3 is 4.74 Å². The lowest BCUT2D eigenvalue weighted by Crippen LogP contribution is -1.80. The Morgan fingerprint density at radius 3 is 2.60 bits per heavy atom. The second kappa shape index (κ2) is 4.05. The molecule has 0 aliphatic rings. The van der Waals surface area contributed by atoms with Gasteiger partial charge in [-0.3, -0.25) is 0 Å². The zero-order chi connectivity index (χ0) is 4.12. The van der Waals surface area contributed by atoms with E-state index in [9.17, 15) is 0 Å². The van der Waals surface area contributed by atoms with Crippen molar-refractivity contribution in [2.45, 2.75) is 0 Å². The second-order valence-corrected chi connectivity index (χ2v) is 0.871. The normalized spacial score (nSPS) is 7.40. The van der Waals surface area contributed by atoms with Gasteiger partial charge in [-0.25, -0.2) is 0 Å². The second-order valence-electron chi connectivity index (χ2n) is 0.537. The van der Waals surface area contributed by atoms with Gasteiger partial charge in [0.05, 0.1) is 13.7 Å². The molecular weight excluding hydrogens is 84.1 g/mol. The molecule has 0 saturated carbocycles. The first kappa shape index (κ1) is 5.05. The van der Waals surface area contributed by atoms with Crippen molar-refractivity contribution in [1.82, 2.24) is 0 Å². The highest BCUT2D eigenvalue weighted by atomic mass is 32.1. The Hall–Kier alpha value is 0.0500. The number of rotatable bonds is 2. The molecule has 0 rings (SSSR count). The Bertz CT molecular complexity index is 28.1. The van der Waals surface area contributed by atoms with Gasteiger partial charge in [-0.1, -0.05) is 12.2 Å². The molecule has 0 bridgehead atoms. The molecule has 0 aromatic carbocycles. The molecule has 0 spiro atoms. The highest BCUT2D eigenvalue weighted by Crippen LogP contribution is 1.58. The van der Waals surface area contributed by atoms with Crippen molar-refractivity contribution in [3.05, 3.63) is 7.11 Å². The monoisotopic (exact) mass is 89.0 g/mol. The van der Waals surface area contributed by atoms with Crippen molar-refractivity contribution < 1.29 is 4.74 Å². The van der Waals surface area contributed by atoms with Gasteiger partial charge in [0.25, 0.3) is 0 Å². The van der Waals surface area contributed by atoms with Crippen molar-refractivity contribution in [1.29, 1.82) is 0 Å². The summed E-state index contributed by atoms with van der Waals surface area (Å²) < 4.78 is 4.28. The number of hydrogen-bond acceptors (Lipinski definition) is 2. The van der Waals surface area contributed by atoms with Gasteiger partial charge in [-0.2, -0.15) is 0 Å². The van der Waals surface area contributed by atoms with E-state index in [0.717, 1.165) is 0 Å². The first-order valence-electron chi connectivity index (χ1n) is 1.22. The van der Waals surface area contributed by atoms with Gasteiger partial charge in [0, 0.05) is 5.37 Å². The zero-order valence-electron chi connectivity index (χ0n) is 2.81. The summed E-state index contributed by atoms with van der Waals surface area (Å²) in [4.78, 5) is 0. The third-order valence-corrected chi connectivity index (χ3v) is 0.322. The molecule has 0 aromatic rings. The lowest BCUT2D eigenvalue weighted by Gasteiger charge is -1.77. The van der Waals surface area contributed by atoms with E-state index in [2.05, 4.69) is 24.1 Å². The molecule has 1 radical (unpaired) electrons. The Balaban J connectivity index is 2.40. The Kier molecular flexibility index (Phi) is 4.09. The molecule has 2 heteroatoms. The summed E-state index contributed by atoms with van der Waals surface area (Å²) in [5.41, 5.74) is 0. The van der Waals surface area contributed by atoms with E-state index in [0.29, 0.717) is 6.61 Å². The molecule has 0 fully saturated rings. The maximum Gasteiger partial charge on any atom is 0.0750 e. The summed E-state index contributed by atoms with van der Waals surface area (Å²) in [6.45, 7) is 0.468. The van der Waals surface area contributed by atoms with Crippen LogP contribution in [-0.2, 0) is 4.74 Å². The van der Waals surface area contributed by atoms with E-state index in [1.165, 1.54) is 5.37 Å². The molecule has 0 atom stereocenters. The highest BCUT2D eigenvalue weighted by molar-refractivity contribution is 7.79. The van der Waals surface area contributed by atoms with Crippen LogP contribution in [0.3, 0.4) is 0 Å². The number of thiocarbonyl (C=S) groups is 1. The standard InChI is InChI=1S/C3H5OS/c1-4-2-3-5/h3H,1-2H2. The molecule has 1 nitrogen and oxygen atoms in total. The van der Waals surface area contributed by atoms with Crippen LogP contribution in [0.25, 0.3) is 0 Å². The molecule has 0 unspecified atom stereocenters. The van der Waals surface area contributed by atoms with E-state index in [1.807, 2.05) is 0 Å². The molecule has 0 saturated heterocycles. The first-order chi connectivity index (χ1) is 2.41. The first-order valence-corrected chi connectivity index (χ1v) is 1.69. The highest BCUT2D eigenvalue weighted by Gasteiger charge is 1.60. The third-order valence-electron chi connectivity index (χ3n) is 0.186. The quantitative estimate of drug-likeness (QED) is 0.463. The molecular formula is C3H5OS.